The van der Waals surface area contributed by atoms with E-state index in [2.05, 4.69) is 41.6 Å². The topological polar surface area (TPSA) is 66.9 Å². The summed E-state index contributed by atoms with van der Waals surface area (Å²) < 4.78 is 0. The Morgan fingerprint density at radius 2 is 1.77 bits per heavy atom. The first kappa shape index (κ1) is 17.0. The average Bonchev–Trinajstić information content (AvgIpc) is 2.83. The minimum Gasteiger partial charge on any atom is -0.360 e. The van der Waals surface area contributed by atoms with Crippen LogP contribution in [0, 0.1) is 5.41 Å². The molecule has 0 saturated heterocycles. The summed E-state index contributed by atoms with van der Waals surface area (Å²) in [6, 6.07) is 4.90. The maximum absolute atomic E-state index is 12.2. The summed E-state index contributed by atoms with van der Waals surface area (Å²) in [6.45, 7) is 7.10. The van der Waals surface area contributed by atoms with E-state index in [1.807, 2.05) is 0 Å². The number of amides is 1. The second kappa shape index (κ2) is 6.81. The Bertz CT molecular complexity index is 661. The highest BCUT2D eigenvalue weighted by Gasteiger charge is 2.17. The van der Waals surface area contributed by atoms with Crippen LogP contribution in [0.25, 0.3) is 0 Å². The number of anilines is 2. The fourth-order valence-corrected chi connectivity index (χ4v) is 2.76. The molecular weight excluding hydrogens is 343 g/mol. The summed E-state index contributed by atoms with van der Waals surface area (Å²) in [5.74, 6) is -0.408. The predicted molar refractivity (Wildman–Crippen MR) is 92.3 cm³/mol. The summed E-state index contributed by atoms with van der Waals surface area (Å²) >= 11 is 13.3. The van der Waals surface area contributed by atoms with Crippen molar-refractivity contribution in [1.82, 2.24) is 10.2 Å². The molecule has 2 N–H and O–H groups in total. The molecule has 0 radical (unpaired) electrons. The molecule has 0 spiro atoms. The Morgan fingerprint density at radius 1 is 1.18 bits per heavy atom. The molecule has 1 amide bonds. The fourth-order valence-electron chi connectivity index (χ4n) is 1.56. The summed E-state index contributed by atoms with van der Waals surface area (Å²) in [7, 11) is 0. The Kier molecular flexibility index (Phi) is 5.26. The lowest BCUT2D eigenvalue weighted by Crippen LogP contribution is -2.18. The first-order valence-corrected chi connectivity index (χ1v) is 8.16. The van der Waals surface area contributed by atoms with E-state index in [-0.39, 0.29) is 11.0 Å². The van der Waals surface area contributed by atoms with Crippen molar-refractivity contribution in [2.75, 3.05) is 17.2 Å². The van der Waals surface area contributed by atoms with Gasteiger partial charge in [-0.05, 0) is 17.5 Å². The molecule has 0 unspecified atom stereocenters. The van der Waals surface area contributed by atoms with E-state index < -0.39 is 5.91 Å². The zero-order chi connectivity index (χ0) is 16.3. The molecule has 0 aliphatic carbocycles. The third-order valence-electron chi connectivity index (χ3n) is 2.61. The van der Waals surface area contributed by atoms with Crippen LogP contribution in [0.3, 0.4) is 0 Å². The molecular formula is C14H16Cl2N4OS. The molecule has 0 atom stereocenters. The minimum absolute atomic E-state index is 0.125. The lowest BCUT2D eigenvalue weighted by atomic mass is 9.97. The van der Waals surface area contributed by atoms with Crippen molar-refractivity contribution >= 4 is 50.7 Å². The number of halogens is 2. The molecule has 8 heteroatoms. The van der Waals surface area contributed by atoms with E-state index >= 15 is 0 Å². The normalized spacial score (nSPS) is 11.3. The van der Waals surface area contributed by atoms with Crippen molar-refractivity contribution in [3.8, 4) is 0 Å². The second-order valence-corrected chi connectivity index (χ2v) is 7.67. The largest absolute Gasteiger partial charge is 0.360 e. The monoisotopic (exact) mass is 358 g/mol. The third-order valence-corrected chi connectivity index (χ3v) is 4.03. The standard InChI is InChI=1S/C14H16Cl2N4OS/c1-14(2,3)7-17-12-19-20-13(22-12)18-11(21)10-8(15)5-4-6-9(10)16/h4-6H,7H2,1-3H3,(H,17,19)(H,18,20,21). The van der Waals surface area contributed by atoms with Crippen LogP contribution < -0.4 is 10.6 Å². The van der Waals surface area contributed by atoms with Crippen LogP contribution in [0.2, 0.25) is 10.0 Å². The van der Waals surface area contributed by atoms with Crippen LogP contribution in [0.15, 0.2) is 18.2 Å². The van der Waals surface area contributed by atoms with Crippen molar-refractivity contribution in [3.05, 3.63) is 33.8 Å². The molecule has 1 aromatic carbocycles. The van der Waals surface area contributed by atoms with Gasteiger partial charge in [-0.1, -0.05) is 61.4 Å². The lowest BCUT2D eigenvalue weighted by molar-refractivity contribution is 0.102. The molecule has 2 rings (SSSR count). The highest BCUT2D eigenvalue weighted by molar-refractivity contribution is 7.19. The number of hydrogen-bond acceptors (Lipinski definition) is 5. The van der Waals surface area contributed by atoms with E-state index in [1.54, 1.807) is 18.2 Å². The number of nitrogens with zero attached hydrogens (tertiary/aromatic N) is 2. The SMILES string of the molecule is CC(C)(C)CNc1nnc(NC(=O)c2c(Cl)cccc2Cl)s1. The van der Waals surface area contributed by atoms with Gasteiger partial charge < -0.3 is 5.32 Å². The molecule has 0 fully saturated rings. The molecule has 1 aromatic heterocycles. The van der Waals surface area contributed by atoms with Gasteiger partial charge in [0.2, 0.25) is 10.3 Å². The molecule has 0 bridgehead atoms. The van der Waals surface area contributed by atoms with Crippen molar-refractivity contribution in [2.45, 2.75) is 20.8 Å². The van der Waals surface area contributed by atoms with Crippen LogP contribution in [-0.2, 0) is 0 Å². The summed E-state index contributed by atoms with van der Waals surface area (Å²) in [4.78, 5) is 12.2. The maximum atomic E-state index is 12.2. The van der Waals surface area contributed by atoms with Crippen molar-refractivity contribution in [2.24, 2.45) is 5.41 Å². The van der Waals surface area contributed by atoms with Gasteiger partial charge in [-0.25, -0.2) is 0 Å². The molecule has 118 valence electrons. The van der Waals surface area contributed by atoms with Gasteiger partial charge in [0.05, 0.1) is 15.6 Å². The number of carbonyl (C=O) groups is 1. The average molecular weight is 359 g/mol. The van der Waals surface area contributed by atoms with E-state index in [9.17, 15) is 4.79 Å². The van der Waals surface area contributed by atoms with Crippen molar-refractivity contribution in [3.63, 3.8) is 0 Å². The highest BCUT2D eigenvalue weighted by atomic mass is 35.5. The van der Waals surface area contributed by atoms with E-state index in [4.69, 9.17) is 23.2 Å². The van der Waals surface area contributed by atoms with Crippen LogP contribution in [0.4, 0.5) is 10.3 Å². The number of nitrogens with one attached hydrogen (secondary N) is 2. The Balaban J connectivity index is 2.05. The van der Waals surface area contributed by atoms with Crippen LogP contribution >= 0.6 is 34.5 Å². The van der Waals surface area contributed by atoms with Gasteiger partial charge in [-0.3, -0.25) is 10.1 Å². The lowest BCUT2D eigenvalue weighted by Gasteiger charge is -2.17. The number of hydrogen-bond donors (Lipinski definition) is 2. The van der Waals surface area contributed by atoms with Gasteiger partial charge in [0.1, 0.15) is 0 Å². The van der Waals surface area contributed by atoms with Gasteiger partial charge >= 0.3 is 0 Å². The molecule has 1 heterocycles. The van der Waals surface area contributed by atoms with E-state index in [0.717, 1.165) is 6.54 Å². The zero-order valence-electron chi connectivity index (χ0n) is 12.4. The first-order valence-electron chi connectivity index (χ1n) is 6.59. The summed E-state index contributed by atoms with van der Waals surface area (Å²) in [6.07, 6.45) is 0. The fraction of sp³-hybridized carbons (Fsp3) is 0.357. The Hall–Kier alpha value is -1.37. The van der Waals surface area contributed by atoms with Gasteiger partial charge in [0.25, 0.3) is 5.91 Å². The van der Waals surface area contributed by atoms with Gasteiger partial charge in [0.15, 0.2) is 0 Å². The van der Waals surface area contributed by atoms with Crippen LogP contribution in [0.1, 0.15) is 31.1 Å². The van der Waals surface area contributed by atoms with Crippen LogP contribution in [-0.4, -0.2) is 22.6 Å². The van der Waals surface area contributed by atoms with Crippen molar-refractivity contribution in [1.29, 1.82) is 0 Å². The molecule has 0 aliphatic rings. The third kappa shape index (κ3) is 4.56. The van der Waals surface area contributed by atoms with E-state index in [0.29, 0.717) is 20.3 Å². The highest BCUT2D eigenvalue weighted by Crippen LogP contribution is 2.27. The summed E-state index contributed by atoms with van der Waals surface area (Å²) in [5, 5.41) is 15.4. The predicted octanol–water partition coefficient (Wildman–Crippen LogP) is 4.56. The first-order chi connectivity index (χ1) is 10.3. The number of benzene rings is 1. The number of aromatic nitrogens is 2. The minimum atomic E-state index is -0.408. The van der Waals surface area contributed by atoms with Crippen LogP contribution in [0.5, 0.6) is 0 Å². The molecule has 0 saturated carbocycles. The summed E-state index contributed by atoms with van der Waals surface area (Å²) in [5.41, 5.74) is 0.352. The quantitative estimate of drug-likeness (QED) is 0.840. The number of carbonyl (C=O) groups excluding carboxylic acids is 1. The molecule has 2 aromatic rings. The van der Waals surface area contributed by atoms with Gasteiger partial charge in [-0.15, -0.1) is 10.2 Å². The molecule has 5 nitrogen and oxygen atoms in total. The second-order valence-electron chi connectivity index (χ2n) is 5.88. The maximum Gasteiger partial charge on any atom is 0.260 e. The Labute approximate surface area is 143 Å². The van der Waals surface area contributed by atoms with Gasteiger partial charge in [0, 0.05) is 6.54 Å². The zero-order valence-corrected chi connectivity index (χ0v) is 14.7. The molecule has 0 aliphatic heterocycles. The molecule has 22 heavy (non-hydrogen) atoms. The van der Waals surface area contributed by atoms with E-state index in [1.165, 1.54) is 11.3 Å². The van der Waals surface area contributed by atoms with Gasteiger partial charge in [-0.2, -0.15) is 0 Å². The van der Waals surface area contributed by atoms with Crippen molar-refractivity contribution < 1.29 is 4.79 Å². The number of rotatable bonds is 4. The smallest absolute Gasteiger partial charge is 0.260 e. The Morgan fingerprint density at radius 3 is 2.36 bits per heavy atom.